The molecule has 0 bridgehead atoms. The Labute approximate surface area is 191 Å². The Morgan fingerprint density at radius 1 is 0.906 bits per heavy atom. The van der Waals surface area contributed by atoms with E-state index in [9.17, 15) is 19.7 Å². The van der Waals surface area contributed by atoms with Gasteiger partial charge in [0.15, 0.2) is 0 Å². The third kappa shape index (κ3) is 6.63. The highest BCUT2D eigenvalue weighted by molar-refractivity contribution is 5.98. The van der Waals surface area contributed by atoms with E-state index in [1.54, 1.807) is 36.4 Å². The van der Waals surface area contributed by atoms with Gasteiger partial charge in [-0.05, 0) is 29.7 Å². The largest absolute Gasteiger partial charge is 0.320 e. The molecular weight excluding hydrogens is 432 g/mol. The molecule has 0 unspecified atom stereocenters. The van der Waals surface area contributed by atoms with Gasteiger partial charge in [-0.3, -0.25) is 25.1 Å². The second-order valence-corrected chi connectivity index (χ2v) is 6.94. The lowest BCUT2D eigenvalue weighted by Gasteiger charge is -2.25. The van der Waals surface area contributed by atoms with Crippen LogP contribution in [0.2, 0.25) is 0 Å². The number of carbonyl (C=O) groups is 2. The molecule has 0 saturated heterocycles. The molecular formula is C23H23ClN4O4. The Bertz CT molecular complexity index is 1050. The van der Waals surface area contributed by atoms with E-state index < -0.39 is 16.9 Å². The Morgan fingerprint density at radius 3 is 2.03 bits per heavy atom. The topological polar surface area (TPSA) is 119 Å². The molecule has 0 heterocycles. The lowest BCUT2D eigenvalue weighted by atomic mass is 10.1. The van der Waals surface area contributed by atoms with Crippen LogP contribution < -0.4 is 16.2 Å². The molecule has 0 aromatic heterocycles. The van der Waals surface area contributed by atoms with Crippen molar-refractivity contribution in [2.75, 3.05) is 5.01 Å². The van der Waals surface area contributed by atoms with Crippen LogP contribution in [0, 0.1) is 10.1 Å². The normalized spacial score (nSPS) is 11.0. The van der Waals surface area contributed by atoms with E-state index >= 15 is 0 Å². The number of hydrogen-bond donors (Lipinski definition) is 2. The van der Waals surface area contributed by atoms with Crippen LogP contribution in [-0.4, -0.2) is 22.8 Å². The first kappa shape index (κ1) is 24.5. The molecule has 3 rings (SSSR count). The number of nitrogens with two attached hydrogens (primary N) is 1. The summed E-state index contributed by atoms with van der Waals surface area (Å²) in [6.45, 7) is 0. The van der Waals surface area contributed by atoms with Gasteiger partial charge in [0.2, 0.25) is 5.91 Å². The molecule has 2 amide bonds. The highest BCUT2D eigenvalue weighted by atomic mass is 35.5. The summed E-state index contributed by atoms with van der Waals surface area (Å²) in [4.78, 5) is 35.9. The van der Waals surface area contributed by atoms with Crippen molar-refractivity contribution in [3.05, 3.63) is 106 Å². The fraction of sp³-hybridized carbons (Fsp3) is 0.130. The molecule has 9 heteroatoms. The summed E-state index contributed by atoms with van der Waals surface area (Å²) in [5.74, 6) is -0.850. The molecule has 0 fully saturated rings. The summed E-state index contributed by atoms with van der Waals surface area (Å²) in [5.41, 5.74) is 10.6. The fourth-order valence-electron chi connectivity index (χ4n) is 2.99. The van der Waals surface area contributed by atoms with Crippen molar-refractivity contribution in [1.29, 1.82) is 0 Å². The van der Waals surface area contributed by atoms with Crippen LogP contribution in [0.15, 0.2) is 84.9 Å². The molecule has 0 aliphatic carbocycles. The maximum atomic E-state index is 12.9. The standard InChI is InChI=1S/C23H22N4O4.ClH/c24-21(15-18-11-13-20(14-12-18)27(30)31)23(29)25-26(19-9-5-2-6-10-19)22(28)16-17-7-3-1-4-8-17;/h1-14,21H,15-16,24H2,(H,25,29);1H/t21-;/m0./s1. The number of anilines is 1. The molecule has 0 saturated carbocycles. The molecule has 3 aromatic rings. The molecule has 1 atom stereocenters. The monoisotopic (exact) mass is 454 g/mol. The summed E-state index contributed by atoms with van der Waals surface area (Å²) >= 11 is 0. The molecule has 3 aromatic carbocycles. The van der Waals surface area contributed by atoms with Crippen molar-refractivity contribution in [3.63, 3.8) is 0 Å². The van der Waals surface area contributed by atoms with Gasteiger partial charge in [-0.1, -0.05) is 60.7 Å². The maximum absolute atomic E-state index is 12.9. The van der Waals surface area contributed by atoms with E-state index in [0.29, 0.717) is 11.3 Å². The minimum absolute atomic E-state index is 0. The minimum atomic E-state index is -0.947. The van der Waals surface area contributed by atoms with Gasteiger partial charge in [-0.25, -0.2) is 5.01 Å². The van der Waals surface area contributed by atoms with Crippen LogP contribution in [0.4, 0.5) is 11.4 Å². The van der Waals surface area contributed by atoms with Crippen LogP contribution in [-0.2, 0) is 22.4 Å². The summed E-state index contributed by atoms with van der Waals surface area (Å²) in [5, 5.41) is 12.0. The lowest BCUT2D eigenvalue weighted by Crippen LogP contribution is -2.53. The zero-order valence-electron chi connectivity index (χ0n) is 17.1. The fourth-order valence-corrected chi connectivity index (χ4v) is 2.99. The van der Waals surface area contributed by atoms with Crippen molar-refractivity contribution in [1.82, 2.24) is 5.43 Å². The lowest BCUT2D eigenvalue weighted by molar-refractivity contribution is -0.384. The number of non-ortho nitro benzene ring substituents is 1. The van der Waals surface area contributed by atoms with Crippen LogP contribution in [0.5, 0.6) is 0 Å². The SMILES string of the molecule is Cl.N[C@@H](Cc1ccc([N+](=O)[O-])cc1)C(=O)NN(C(=O)Cc1ccccc1)c1ccccc1. The smallest absolute Gasteiger partial charge is 0.269 e. The molecule has 0 aliphatic rings. The minimum Gasteiger partial charge on any atom is -0.320 e. The molecule has 0 aliphatic heterocycles. The van der Waals surface area contributed by atoms with Gasteiger partial charge in [0, 0.05) is 12.1 Å². The number of hydrogen-bond acceptors (Lipinski definition) is 5. The number of nitrogens with zero attached hydrogens (tertiary/aromatic N) is 2. The molecule has 8 nitrogen and oxygen atoms in total. The molecule has 0 radical (unpaired) electrons. The predicted molar refractivity (Wildman–Crippen MR) is 124 cm³/mol. The van der Waals surface area contributed by atoms with Crippen LogP contribution in [0.3, 0.4) is 0 Å². The van der Waals surface area contributed by atoms with Crippen LogP contribution in [0.1, 0.15) is 11.1 Å². The summed E-state index contributed by atoms with van der Waals surface area (Å²) in [7, 11) is 0. The van der Waals surface area contributed by atoms with Crippen LogP contribution in [0.25, 0.3) is 0 Å². The van der Waals surface area contributed by atoms with Crippen molar-refractivity contribution in [2.45, 2.75) is 18.9 Å². The van der Waals surface area contributed by atoms with E-state index in [1.807, 2.05) is 36.4 Å². The van der Waals surface area contributed by atoms with Gasteiger partial charge in [-0.2, -0.15) is 0 Å². The molecule has 32 heavy (non-hydrogen) atoms. The Hall–Kier alpha value is -3.75. The van der Waals surface area contributed by atoms with E-state index in [4.69, 9.17) is 5.73 Å². The Morgan fingerprint density at radius 2 is 1.47 bits per heavy atom. The number of carbonyl (C=O) groups excluding carboxylic acids is 2. The summed E-state index contributed by atoms with van der Waals surface area (Å²) < 4.78 is 0. The molecule has 166 valence electrons. The van der Waals surface area contributed by atoms with Gasteiger partial charge in [0.05, 0.1) is 23.1 Å². The van der Waals surface area contributed by atoms with Crippen molar-refractivity contribution in [3.8, 4) is 0 Å². The van der Waals surface area contributed by atoms with E-state index in [2.05, 4.69) is 5.43 Å². The molecule has 0 spiro atoms. The second kappa shape index (κ2) is 11.6. The van der Waals surface area contributed by atoms with Gasteiger partial charge in [-0.15, -0.1) is 12.4 Å². The average Bonchev–Trinajstić information content (AvgIpc) is 2.78. The van der Waals surface area contributed by atoms with E-state index in [-0.39, 0.29) is 36.8 Å². The first-order valence-corrected chi connectivity index (χ1v) is 9.65. The number of rotatable bonds is 7. The number of nitro benzene ring substituents is 1. The van der Waals surface area contributed by atoms with Gasteiger partial charge in [0.1, 0.15) is 0 Å². The van der Waals surface area contributed by atoms with Gasteiger partial charge >= 0.3 is 0 Å². The highest BCUT2D eigenvalue weighted by Gasteiger charge is 2.22. The van der Waals surface area contributed by atoms with Gasteiger partial charge in [0.25, 0.3) is 11.6 Å². The maximum Gasteiger partial charge on any atom is 0.269 e. The van der Waals surface area contributed by atoms with Crippen molar-refractivity contribution < 1.29 is 14.5 Å². The number of hydrazine groups is 1. The van der Waals surface area contributed by atoms with Gasteiger partial charge < -0.3 is 5.73 Å². The molecule has 3 N–H and O–H groups in total. The number of amides is 2. The zero-order valence-corrected chi connectivity index (χ0v) is 17.9. The number of benzene rings is 3. The Kier molecular flexibility index (Phi) is 8.88. The van der Waals surface area contributed by atoms with E-state index in [0.717, 1.165) is 5.56 Å². The highest BCUT2D eigenvalue weighted by Crippen LogP contribution is 2.15. The second-order valence-electron chi connectivity index (χ2n) is 6.94. The average molecular weight is 455 g/mol. The first-order chi connectivity index (χ1) is 14.9. The number of halogens is 1. The quantitative estimate of drug-likeness (QED) is 0.419. The first-order valence-electron chi connectivity index (χ1n) is 9.65. The van der Waals surface area contributed by atoms with E-state index in [1.165, 1.54) is 17.1 Å². The van der Waals surface area contributed by atoms with Crippen molar-refractivity contribution >= 4 is 35.6 Å². The third-order valence-corrected chi connectivity index (χ3v) is 4.62. The van der Waals surface area contributed by atoms with Crippen molar-refractivity contribution in [2.24, 2.45) is 5.73 Å². The number of nitrogens with one attached hydrogen (secondary N) is 1. The Balaban J connectivity index is 0.00000363. The number of para-hydroxylation sites is 1. The summed E-state index contributed by atoms with van der Waals surface area (Å²) in [6.07, 6.45) is 0.271. The zero-order chi connectivity index (χ0) is 22.2. The summed E-state index contributed by atoms with van der Waals surface area (Å²) in [6, 6.07) is 22.9. The third-order valence-electron chi connectivity index (χ3n) is 4.62. The predicted octanol–water partition coefficient (Wildman–Crippen LogP) is 3.19. The number of nitro groups is 1. The van der Waals surface area contributed by atoms with Crippen LogP contribution >= 0.6 is 12.4 Å².